The molecule has 24 heavy (non-hydrogen) atoms. The average Bonchev–Trinajstić information content (AvgIpc) is 2.60. The van der Waals surface area contributed by atoms with Gasteiger partial charge < -0.3 is 14.6 Å². The molecule has 0 heterocycles. The van der Waals surface area contributed by atoms with Crippen LogP contribution in [-0.2, 0) is 9.53 Å². The summed E-state index contributed by atoms with van der Waals surface area (Å²) < 4.78 is 10.1. The van der Waals surface area contributed by atoms with Gasteiger partial charge in [0.25, 0.3) is 0 Å². The second-order valence-electron chi connectivity index (χ2n) is 4.88. The zero-order chi connectivity index (χ0) is 16.8. The molecular weight excluding hydrogens is 304 g/mol. The highest BCUT2D eigenvalue weighted by molar-refractivity contribution is 5.68. The predicted molar refractivity (Wildman–Crippen MR) is 97.3 cm³/mol. The van der Waals surface area contributed by atoms with E-state index in [1.165, 1.54) is 7.11 Å². The van der Waals surface area contributed by atoms with Gasteiger partial charge in [-0.3, -0.25) is 4.79 Å². The van der Waals surface area contributed by atoms with Crippen LogP contribution < -0.4 is 4.74 Å². The van der Waals surface area contributed by atoms with Gasteiger partial charge in [0.15, 0.2) is 0 Å². The molecule has 4 heteroatoms. The lowest BCUT2D eigenvalue weighted by atomic mass is 10.2. The van der Waals surface area contributed by atoms with Crippen LogP contribution >= 0.6 is 0 Å². The standard InChI is InChI=1S/C13H18O3.C6H6O.CH4/c1-15-13(14)10-6-3-7-11-16-12-8-4-2-5-9-12;7-6-4-2-1-3-5-6;/h2,4-5,8-9H,3,6-7,10-11H2,1H3;1-5,7H;1H4. The minimum atomic E-state index is -0.135. The summed E-state index contributed by atoms with van der Waals surface area (Å²) in [6, 6.07) is 18.5. The van der Waals surface area contributed by atoms with E-state index in [0.29, 0.717) is 18.8 Å². The molecule has 2 aromatic rings. The van der Waals surface area contributed by atoms with E-state index in [2.05, 4.69) is 4.74 Å². The van der Waals surface area contributed by atoms with E-state index in [-0.39, 0.29) is 13.4 Å². The van der Waals surface area contributed by atoms with Crippen molar-refractivity contribution in [3.8, 4) is 11.5 Å². The molecule has 2 rings (SSSR count). The van der Waals surface area contributed by atoms with Crippen molar-refractivity contribution in [3.05, 3.63) is 60.7 Å². The lowest BCUT2D eigenvalue weighted by Gasteiger charge is -2.05. The lowest BCUT2D eigenvalue weighted by molar-refractivity contribution is -0.140. The second-order valence-corrected chi connectivity index (χ2v) is 4.88. The van der Waals surface area contributed by atoms with Crippen LogP contribution in [-0.4, -0.2) is 24.8 Å². The van der Waals surface area contributed by atoms with Gasteiger partial charge in [-0.25, -0.2) is 0 Å². The number of carbonyl (C=O) groups excluding carboxylic acids is 1. The van der Waals surface area contributed by atoms with Crippen LogP contribution in [0.4, 0.5) is 0 Å². The van der Waals surface area contributed by atoms with Crippen molar-refractivity contribution in [2.24, 2.45) is 0 Å². The predicted octanol–water partition coefficient (Wildman–Crippen LogP) is 4.83. The molecule has 0 unspecified atom stereocenters. The molecule has 0 bridgehead atoms. The molecule has 0 atom stereocenters. The van der Waals surface area contributed by atoms with E-state index in [1.807, 2.05) is 36.4 Å². The fourth-order valence-electron chi connectivity index (χ4n) is 1.78. The van der Waals surface area contributed by atoms with Crippen molar-refractivity contribution in [2.45, 2.75) is 33.1 Å². The van der Waals surface area contributed by atoms with Gasteiger partial charge in [-0.15, -0.1) is 0 Å². The first-order chi connectivity index (χ1) is 11.2. The maximum atomic E-state index is 10.8. The Balaban J connectivity index is 0.000000555. The maximum Gasteiger partial charge on any atom is 0.305 e. The number of benzene rings is 2. The van der Waals surface area contributed by atoms with E-state index in [1.54, 1.807) is 24.3 Å². The van der Waals surface area contributed by atoms with Gasteiger partial charge in [-0.05, 0) is 43.5 Å². The normalized spacial score (nSPS) is 9.04. The Hall–Kier alpha value is -2.49. The van der Waals surface area contributed by atoms with Crippen molar-refractivity contribution in [2.75, 3.05) is 13.7 Å². The summed E-state index contributed by atoms with van der Waals surface area (Å²) in [5.74, 6) is 1.09. The quantitative estimate of drug-likeness (QED) is 0.583. The molecule has 0 radical (unpaired) electrons. The number of carbonyl (C=O) groups is 1. The summed E-state index contributed by atoms with van der Waals surface area (Å²) in [6.45, 7) is 0.700. The van der Waals surface area contributed by atoms with Gasteiger partial charge in [0.2, 0.25) is 0 Å². The van der Waals surface area contributed by atoms with Crippen LogP contribution in [0, 0.1) is 0 Å². The SMILES string of the molecule is C.COC(=O)CCCCCOc1ccccc1.Oc1ccccc1. The number of methoxy groups -OCH3 is 1. The minimum absolute atomic E-state index is 0. The second kappa shape index (κ2) is 14.1. The van der Waals surface area contributed by atoms with Crippen LogP contribution in [0.25, 0.3) is 0 Å². The summed E-state index contributed by atoms with van der Waals surface area (Å²) in [7, 11) is 1.42. The number of phenolic OH excluding ortho intramolecular Hbond substituents is 1. The van der Waals surface area contributed by atoms with Gasteiger partial charge in [0, 0.05) is 6.42 Å². The Kier molecular flexibility index (Phi) is 12.7. The maximum absolute atomic E-state index is 10.8. The summed E-state index contributed by atoms with van der Waals surface area (Å²) in [6.07, 6.45) is 3.32. The molecule has 4 nitrogen and oxygen atoms in total. The molecule has 0 fully saturated rings. The number of unbranched alkanes of at least 4 members (excludes halogenated alkanes) is 2. The largest absolute Gasteiger partial charge is 0.508 e. The summed E-state index contributed by atoms with van der Waals surface area (Å²) in [5, 5.41) is 8.63. The van der Waals surface area contributed by atoms with E-state index in [0.717, 1.165) is 25.0 Å². The number of esters is 1. The molecule has 1 N–H and O–H groups in total. The van der Waals surface area contributed by atoms with Gasteiger partial charge in [0.1, 0.15) is 11.5 Å². The van der Waals surface area contributed by atoms with Crippen LogP contribution in [0.2, 0.25) is 0 Å². The van der Waals surface area contributed by atoms with Gasteiger partial charge in [-0.1, -0.05) is 43.8 Å². The highest BCUT2D eigenvalue weighted by atomic mass is 16.5. The van der Waals surface area contributed by atoms with Crippen LogP contribution in [0.3, 0.4) is 0 Å². The molecule has 2 aromatic carbocycles. The fraction of sp³-hybridized carbons (Fsp3) is 0.350. The van der Waals surface area contributed by atoms with E-state index in [4.69, 9.17) is 9.84 Å². The first-order valence-corrected chi connectivity index (χ1v) is 7.71. The molecular formula is C20H28O4. The van der Waals surface area contributed by atoms with Crippen molar-refractivity contribution in [1.29, 1.82) is 0 Å². The Morgan fingerprint density at radius 2 is 1.50 bits per heavy atom. The zero-order valence-electron chi connectivity index (χ0n) is 13.5. The Bertz CT molecular complexity index is 526. The average molecular weight is 332 g/mol. The molecule has 0 aromatic heterocycles. The molecule has 0 aliphatic heterocycles. The number of aromatic hydroxyl groups is 1. The topological polar surface area (TPSA) is 55.8 Å². The number of phenols is 1. The zero-order valence-corrected chi connectivity index (χ0v) is 13.5. The van der Waals surface area contributed by atoms with Crippen molar-refractivity contribution in [1.82, 2.24) is 0 Å². The van der Waals surface area contributed by atoms with Gasteiger partial charge in [-0.2, -0.15) is 0 Å². The minimum Gasteiger partial charge on any atom is -0.508 e. The van der Waals surface area contributed by atoms with Crippen LogP contribution in [0.1, 0.15) is 33.1 Å². The number of rotatable bonds is 7. The Morgan fingerprint density at radius 3 is 2.00 bits per heavy atom. The monoisotopic (exact) mass is 332 g/mol. The van der Waals surface area contributed by atoms with Crippen molar-refractivity contribution >= 4 is 5.97 Å². The summed E-state index contributed by atoms with van der Waals surface area (Å²) in [4.78, 5) is 10.8. The highest BCUT2D eigenvalue weighted by Gasteiger charge is 1.99. The molecule has 0 aliphatic carbocycles. The third-order valence-electron chi connectivity index (χ3n) is 3.02. The number of hydrogen-bond acceptors (Lipinski definition) is 4. The lowest BCUT2D eigenvalue weighted by Crippen LogP contribution is -2.01. The Morgan fingerprint density at radius 1 is 0.917 bits per heavy atom. The first kappa shape index (κ1) is 21.5. The molecule has 0 aliphatic rings. The number of hydrogen-bond donors (Lipinski definition) is 1. The van der Waals surface area contributed by atoms with Crippen molar-refractivity contribution in [3.63, 3.8) is 0 Å². The molecule has 132 valence electrons. The van der Waals surface area contributed by atoms with Crippen molar-refractivity contribution < 1.29 is 19.4 Å². The number of para-hydroxylation sites is 2. The molecule has 0 spiro atoms. The summed E-state index contributed by atoms with van der Waals surface area (Å²) >= 11 is 0. The first-order valence-electron chi connectivity index (χ1n) is 7.71. The molecule has 0 saturated carbocycles. The van der Waals surface area contributed by atoms with E-state index < -0.39 is 0 Å². The third kappa shape index (κ3) is 11.1. The Labute approximate surface area is 145 Å². The molecule has 0 amide bonds. The van der Waals surface area contributed by atoms with Gasteiger partial charge >= 0.3 is 5.97 Å². The van der Waals surface area contributed by atoms with E-state index in [9.17, 15) is 4.79 Å². The smallest absolute Gasteiger partial charge is 0.305 e. The summed E-state index contributed by atoms with van der Waals surface area (Å²) in [5.41, 5.74) is 0. The van der Waals surface area contributed by atoms with E-state index >= 15 is 0 Å². The highest BCUT2D eigenvalue weighted by Crippen LogP contribution is 2.09. The van der Waals surface area contributed by atoms with Gasteiger partial charge in [0.05, 0.1) is 13.7 Å². The fourth-order valence-corrected chi connectivity index (χ4v) is 1.78. The number of ether oxygens (including phenoxy) is 2. The molecule has 0 saturated heterocycles. The third-order valence-corrected chi connectivity index (χ3v) is 3.02. The van der Waals surface area contributed by atoms with Crippen LogP contribution in [0.15, 0.2) is 60.7 Å². The van der Waals surface area contributed by atoms with Crippen LogP contribution in [0.5, 0.6) is 11.5 Å².